The van der Waals surface area contributed by atoms with E-state index in [4.69, 9.17) is 0 Å². The van der Waals surface area contributed by atoms with Gasteiger partial charge in [0.2, 0.25) is 5.43 Å². The number of aromatic nitrogens is 1. The normalized spacial score (nSPS) is 13.8. The second-order valence-corrected chi connectivity index (χ2v) is 5.65. The van der Waals surface area contributed by atoms with Crippen LogP contribution in [0, 0.1) is 5.82 Å². The van der Waals surface area contributed by atoms with Crippen molar-refractivity contribution in [2.45, 2.75) is 20.0 Å². The van der Waals surface area contributed by atoms with Crippen molar-refractivity contribution in [2.24, 2.45) is 0 Å². The molecular formula is C17H15FN2O4. The first-order chi connectivity index (χ1) is 11.4. The van der Waals surface area contributed by atoms with Gasteiger partial charge in [0.05, 0.1) is 5.69 Å². The summed E-state index contributed by atoms with van der Waals surface area (Å²) in [5.74, 6) is -1.92. The Balaban J connectivity index is 1.99. The summed E-state index contributed by atoms with van der Waals surface area (Å²) in [4.78, 5) is 37.6. The minimum Gasteiger partial charge on any atom is -0.503 e. The van der Waals surface area contributed by atoms with E-state index >= 15 is 0 Å². The maximum absolute atomic E-state index is 13.0. The van der Waals surface area contributed by atoms with Crippen LogP contribution in [0.25, 0.3) is 0 Å². The molecule has 7 heteroatoms. The van der Waals surface area contributed by atoms with E-state index in [1.807, 2.05) is 0 Å². The molecule has 24 heavy (non-hydrogen) atoms. The first-order valence-corrected chi connectivity index (χ1v) is 7.40. The molecule has 1 N–H and O–H groups in total. The summed E-state index contributed by atoms with van der Waals surface area (Å²) in [5, 5.41) is 10.00. The quantitative estimate of drug-likeness (QED) is 0.866. The van der Waals surface area contributed by atoms with E-state index < -0.39 is 17.1 Å². The number of pyridine rings is 1. The molecule has 0 fully saturated rings. The Morgan fingerprint density at radius 3 is 2.50 bits per heavy atom. The largest absolute Gasteiger partial charge is 0.503 e. The molecule has 2 heterocycles. The van der Waals surface area contributed by atoms with Gasteiger partial charge in [0.1, 0.15) is 5.82 Å². The molecule has 1 aromatic carbocycles. The molecule has 124 valence electrons. The Morgan fingerprint density at radius 2 is 1.88 bits per heavy atom. The van der Waals surface area contributed by atoms with E-state index in [0.717, 1.165) is 11.6 Å². The maximum Gasteiger partial charge on any atom is 0.274 e. The Labute approximate surface area is 136 Å². The third-order valence-corrected chi connectivity index (χ3v) is 4.02. The second-order valence-electron chi connectivity index (χ2n) is 5.65. The average Bonchev–Trinajstić information content (AvgIpc) is 2.54. The van der Waals surface area contributed by atoms with E-state index in [-0.39, 0.29) is 36.1 Å². The molecule has 1 aromatic heterocycles. The second kappa shape index (κ2) is 5.92. The molecule has 0 saturated heterocycles. The van der Waals surface area contributed by atoms with Crippen LogP contribution in [0.4, 0.5) is 4.39 Å². The van der Waals surface area contributed by atoms with Gasteiger partial charge in [-0.05, 0) is 17.7 Å². The third-order valence-electron chi connectivity index (χ3n) is 4.02. The van der Waals surface area contributed by atoms with Crippen molar-refractivity contribution in [3.05, 3.63) is 63.3 Å². The lowest BCUT2D eigenvalue weighted by Crippen LogP contribution is -2.42. The number of ketones is 1. The molecule has 1 aliphatic heterocycles. The van der Waals surface area contributed by atoms with Gasteiger partial charge in [-0.25, -0.2) is 4.39 Å². The summed E-state index contributed by atoms with van der Waals surface area (Å²) in [5.41, 5.74) is -0.116. The number of Topliss-reactive ketones (excluding diaryl/α,β-unsaturated/α-hetero) is 1. The van der Waals surface area contributed by atoms with Crippen LogP contribution in [-0.4, -0.2) is 32.8 Å². The van der Waals surface area contributed by atoms with Crippen LogP contribution in [0.3, 0.4) is 0 Å². The highest BCUT2D eigenvalue weighted by Crippen LogP contribution is 2.23. The number of nitrogens with zero attached hydrogens (tertiary/aromatic N) is 2. The first kappa shape index (κ1) is 15.9. The number of aromatic hydroxyl groups is 1. The molecule has 0 atom stereocenters. The molecule has 0 aliphatic carbocycles. The summed E-state index contributed by atoms with van der Waals surface area (Å²) < 4.78 is 14.4. The number of carbonyl (C=O) groups excluding carboxylic acids is 2. The number of carbonyl (C=O) groups is 2. The number of rotatable bonds is 3. The number of fused-ring (bicyclic) bond motifs is 1. The standard InChI is InChI=1S/C17H15FN2O4/c1-10(21)13-8-14(22)16(23)15-17(24)19(6-7-20(13)15)9-11-2-4-12(18)5-3-11/h2-5,8,23H,6-7,9H2,1H3. The van der Waals surface area contributed by atoms with Gasteiger partial charge >= 0.3 is 0 Å². The van der Waals surface area contributed by atoms with Crippen LogP contribution in [0.5, 0.6) is 5.75 Å². The zero-order chi connectivity index (χ0) is 17.4. The minimum atomic E-state index is -0.761. The van der Waals surface area contributed by atoms with Gasteiger partial charge in [0, 0.05) is 32.6 Å². The van der Waals surface area contributed by atoms with Crippen molar-refractivity contribution in [2.75, 3.05) is 6.54 Å². The fourth-order valence-corrected chi connectivity index (χ4v) is 2.81. The van der Waals surface area contributed by atoms with Crippen LogP contribution in [0.15, 0.2) is 35.1 Å². The molecule has 2 aromatic rings. The van der Waals surface area contributed by atoms with Crippen LogP contribution in [-0.2, 0) is 13.1 Å². The molecule has 0 bridgehead atoms. The molecule has 0 saturated carbocycles. The van der Waals surface area contributed by atoms with E-state index in [0.29, 0.717) is 6.54 Å². The third kappa shape index (κ3) is 2.68. The van der Waals surface area contributed by atoms with Gasteiger partial charge in [0.15, 0.2) is 17.2 Å². The van der Waals surface area contributed by atoms with Crippen LogP contribution < -0.4 is 5.43 Å². The molecule has 1 aliphatic rings. The highest BCUT2D eigenvalue weighted by Gasteiger charge is 2.30. The van der Waals surface area contributed by atoms with Crippen molar-refractivity contribution in [1.29, 1.82) is 0 Å². The van der Waals surface area contributed by atoms with Gasteiger partial charge in [-0.2, -0.15) is 0 Å². The Kier molecular flexibility index (Phi) is 3.92. The SMILES string of the molecule is CC(=O)c1cc(=O)c(O)c2n1CCN(Cc1ccc(F)cc1)C2=O. The van der Waals surface area contributed by atoms with Crippen molar-refractivity contribution >= 4 is 11.7 Å². The van der Waals surface area contributed by atoms with Crippen molar-refractivity contribution in [1.82, 2.24) is 9.47 Å². The molecule has 0 unspecified atom stereocenters. The minimum absolute atomic E-state index is 0.0996. The summed E-state index contributed by atoms with van der Waals surface area (Å²) in [6.45, 7) is 2.11. The lowest BCUT2D eigenvalue weighted by Gasteiger charge is -2.31. The number of hydrogen-bond acceptors (Lipinski definition) is 4. The van der Waals surface area contributed by atoms with Crippen LogP contribution >= 0.6 is 0 Å². The smallest absolute Gasteiger partial charge is 0.274 e. The van der Waals surface area contributed by atoms with Crippen molar-refractivity contribution < 1.29 is 19.1 Å². The Hall–Kier alpha value is -2.96. The van der Waals surface area contributed by atoms with Crippen molar-refractivity contribution in [3.63, 3.8) is 0 Å². The highest BCUT2D eigenvalue weighted by atomic mass is 19.1. The van der Waals surface area contributed by atoms with E-state index in [1.165, 1.54) is 28.5 Å². The van der Waals surface area contributed by atoms with Gasteiger partial charge < -0.3 is 14.6 Å². The monoisotopic (exact) mass is 330 g/mol. The Morgan fingerprint density at radius 1 is 1.21 bits per heavy atom. The highest BCUT2D eigenvalue weighted by molar-refractivity contribution is 5.99. The molecule has 6 nitrogen and oxygen atoms in total. The van der Waals surface area contributed by atoms with Gasteiger partial charge in [-0.3, -0.25) is 14.4 Å². The zero-order valence-corrected chi connectivity index (χ0v) is 13.0. The summed E-state index contributed by atoms with van der Waals surface area (Å²) >= 11 is 0. The van der Waals surface area contributed by atoms with Crippen LogP contribution in [0.1, 0.15) is 33.5 Å². The summed E-state index contributed by atoms with van der Waals surface area (Å²) in [6, 6.07) is 6.78. The average molecular weight is 330 g/mol. The van der Waals surface area contributed by atoms with Gasteiger partial charge in [0.25, 0.3) is 5.91 Å². The lowest BCUT2D eigenvalue weighted by molar-refractivity contribution is 0.0680. The fourth-order valence-electron chi connectivity index (χ4n) is 2.81. The van der Waals surface area contributed by atoms with E-state index in [2.05, 4.69) is 0 Å². The maximum atomic E-state index is 13.0. The molecule has 1 amide bonds. The Bertz CT molecular complexity index is 887. The molecule has 0 spiro atoms. The number of halogens is 1. The van der Waals surface area contributed by atoms with Gasteiger partial charge in [-0.15, -0.1) is 0 Å². The lowest BCUT2D eigenvalue weighted by atomic mass is 10.1. The van der Waals surface area contributed by atoms with Crippen LogP contribution in [0.2, 0.25) is 0 Å². The molecule has 0 radical (unpaired) electrons. The topological polar surface area (TPSA) is 79.6 Å². The summed E-state index contributed by atoms with van der Waals surface area (Å²) in [6.07, 6.45) is 0. The molecular weight excluding hydrogens is 315 g/mol. The number of amides is 1. The molecule has 3 rings (SSSR count). The summed E-state index contributed by atoms with van der Waals surface area (Å²) in [7, 11) is 0. The van der Waals surface area contributed by atoms with Gasteiger partial charge in [-0.1, -0.05) is 12.1 Å². The number of benzene rings is 1. The van der Waals surface area contributed by atoms with E-state index in [1.54, 1.807) is 12.1 Å². The fraction of sp³-hybridized carbons (Fsp3) is 0.235. The van der Waals surface area contributed by atoms with Crippen molar-refractivity contribution in [3.8, 4) is 5.75 Å². The van der Waals surface area contributed by atoms with E-state index in [9.17, 15) is 23.9 Å². The predicted molar refractivity (Wildman–Crippen MR) is 83.5 cm³/mol. The zero-order valence-electron chi connectivity index (χ0n) is 13.0. The first-order valence-electron chi connectivity index (χ1n) is 7.40. The number of hydrogen-bond donors (Lipinski definition) is 1. The predicted octanol–water partition coefficient (Wildman–Crippen LogP) is 1.55.